The first-order valence-electron chi connectivity index (χ1n) is 7.36. The number of aryl methyl sites for hydroxylation is 1. The number of nitrogens with two attached hydrogens (primary N) is 2. The summed E-state index contributed by atoms with van der Waals surface area (Å²) in [4.78, 5) is 4.26. The van der Waals surface area contributed by atoms with Crippen molar-refractivity contribution in [2.75, 3.05) is 12.8 Å². The van der Waals surface area contributed by atoms with Crippen molar-refractivity contribution < 1.29 is 4.74 Å². The van der Waals surface area contributed by atoms with Crippen LogP contribution in [0.4, 0.5) is 5.82 Å². The Balaban J connectivity index is 2.40. The third kappa shape index (κ3) is 2.95. The van der Waals surface area contributed by atoms with Gasteiger partial charge in [-0.25, -0.2) is 10.4 Å². The van der Waals surface area contributed by atoms with E-state index in [9.17, 15) is 0 Å². The zero-order chi connectivity index (χ0) is 14.6. The van der Waals surface area contributed by atoms with Gasteiger partial charge in [0, 0.05) is 18.9 Å². The number of hydrogen-bond acceptors (Lipinski definition) is 5. The Hall–Kier alpha value is -1.17. The zero-order valence-electron chi connectivity index (χ0n) is 12.5. The number of ether oxygens (including phenoxy) is 1. The van der Waals surface area contributed by atoms with E-state index in [1.165, 1.54) is 12.8 Å². The fourth-order valence-corrected chi connectivity index (χ4v) is 3.30. The second kappa shape index (κ2) is 6.52. The van der Waals surface area contributed by atoms with Crippen molar-refractivity contribution in [2.45, 2.75) is 57.1 Å². The van der Waals surface area contributed by atoms with Crippen LogP contribution in [0.3, 0.4) is 0 Å². The van der Waals surface area contributed by atoms with Gasteiger partial charge >= 0.3 is 0 Å². The van der Waals surface area contributed by atoms with Crippen LogP contribution in [0.5, 0.6) is 0 Å². The molecule has 1 heterocycles. The van der Waals surface area contributed by atoms with Crippen LogP contribution in [-0.2, 0) is 4.74 Å². The molecule has 1 atom stereocenters. The number of anilines is 1. The summed E-state index contributed by atoms with van der Waals surface area (Å²) in [6.45, 7) is 2.01. The number of nitrogens with one attached hydrogen (secondary N) is 1. The maximum atomic E-state index is 6.06. The summed E-state index contributed by atoms with van der Waals surface area (Å²) in [7, 11) is 1.77. The first-order valence-corrected chi connectivity index (χ1v) is 7.36. The van der Waals surface area contributed by atoms with E-state index >= 15 is 0 Å². The molecule has 20 heavy (non-hydrogen) atoms. The molecule has 5 nitrogen and oxygen atoms in total. The molecule has 0 spiro atoms. The average Bonchev–Trinajstić information content (AvgIpc) is 2.70. The van der Waals surface area contributed by atoms with E-state index in [0.29, 0.717) is 5.82 Å². The van der Waals surface area contributed by atoms with Crippen molar-refractivity contribution in [3.63, 3.8) is 0 Å². The molecule has 1 unspecified atom stereocenters. The minimum absolute atomic E-state index is 0.127. The molecule has 0 bridgehead atoms. The van der Waals surface area contributed by atoms with Crippen LogP contribution < -0.4 is 17.0 Å². The molecule has 1 aliphatic carbocycles. The summed E-state index contributed by atoms with van der Waals surface area (Å²) in [6, 6.07) is 1.93. The van der Waals surface area contributed by atoms with Gasteiger partial charge < -0.3 is 10.5 Å². The van der Waals surface area contributed by atoms with Crippen LogP contribution in [0.2, 0.25) is 0 Å². The van der Waals surface area contributed by atoms with Crippen LogP contribution in [0.25, 0.3) is 0 Å². The largest absolute Gasteiger partial charge is 0.383 e. The highest BCUT2D eigenvalue weighted by molar-refractivity contribution is 5.44. The maximum Gasteiger partial charge on any atom is 0.128 e. The van der Waals surface area contributed by atoms with E-state index in [-0.39, 0.29) is 11.6 Å². The maximum absolute atomic E-state index is 6.06. The number of methoxy groups -OCH3 is 1. The normalized spacial score (nSPS) is 20.4. The second-order valence-electron chi connectivity index (χ2n) is 5.77. The molecule has 0 radical (unpaired) electrons. The number of hydrogen-bond donors (Lipinski definition) is 3. The minimum atomic E-state index is -0.297. The molecule has 1 aliphatic rings. The number of hydrazine groups is 1. The molecule has 1 aromatic heterocycles. The number of aromatic nitrogens is 1. The fourth-order valence-electron chi connectivity index (χ4n) is 3.30. The highest BCUT2D eigenvalue weighted by atomic mass is 16.5. The van der Waals surface area contributed by atoms with Crippen molar-refractivity contribution in [1.82, 2.24) is 10.4 Å². The van der Waals surface area contributed by atoms with Crippen LogP contribution in [-0.4, -0.2) is 17.7 Å². The molecule has 1 saturated carbocycles. The van der Waals surface area contributed by atoms with Crippen molar-refractivity contribution in [3.8, 4) is 0 Å². The Morgan fingerprint density at radius 3 is 2.50 bits per heavy atom. The van der Waals surface area contributed by atoms with Crippen LogP contribution in [0.15, 0.2) is 12.3 Å². The summed E-state index contributed by atoms with van der Waals surface area (Å²) in [5, 5.41) is 0. The van der Waals surface area contributed by atoms with Crippen LogP contribution in [0.1, 0.15) is 55.7 Å². The Bertz CT molecular complexity index is 441. The Kier molecular flexibility index (Phi) is 4.96. The lowest BCUT2D eigenvalue weighted by atomic mass is 9.82. The van der Waals surface area contributed by atoms with Crippen molar-refractivity contribution in [2.24, 2.45) is 5.84 Å². The summed E-state index contributed by atoms with van der Waals surface area (Å²) in [6.07, 6.45) is 8.58. The van der Waals surface area contributed by atoms with Crippen LogP contribution in [0, 0.1) is 6.92 Å². The van der Waals surface area contributed by atoms with Crippen molar-refractivity contribution in [3.05, 3.63) is 23.4 Å². The lowest BCUT2D eigenvalue weighted by Crippen LogP contribution is -2.48. The average molecular weight is 278 g/mol. The fraction of sp³-hybridized carbons (Fsp3) is 0.667. The second-order valence-corrected chi connectivity index (χ2v) is 5.77. The standard InChI is InChI=1S/C15H26N4O/c1-11-9-12(14(16)18-10-11)13(19-17)15(20-2)7-5-3-4-6-8-15/h9-10,13,19H,3-8,17H2,1-2H3,(H2,16,18). The number of nitrogen functional groups attached to an aromatic ring is 1. The predicted molar refractivity (Wildman–Crippen MR) is 80.9 cm³/mol. The molecule has 0 saturated heterocycles. The van der Waals surface area contributed by atoms with E-state index in [2.05, 4.69) is 16.5 Å². The smallest absolute Gasteiger partial charge is 0.128 e. The molecule has 1 aromatic rings. The highest BCUT2D eigenvalue weighted by Gasteiger charge is 2.40. The van der Waals surface area contributed by atoms with Gasteiger partial charge in [0.1, 0.15) is 5.82 Å². The number of nitrogens with zero attached hydrogens (tertiary/aromatic N) is 1. The highest BCUT2D eigenvalue weighted by Crippen LogP contribution is 2.41. The molecule has 0 amide bonds. The lowest BCUT2D eigenvalue weighted by Gasteiger charge is -2.39. The van der Waals surface area contributed by atoms with Gasteiger partial charge in [-0.2, -0.15) is 0 Å². The summed E-state index contributed by atoms with van der Waals surface area (Å²) < 4.78 is 5.94. The molecule has 0 aromatic carbocycles. The van der Waals surface area contributed by atoms with Gasteiger partial charge in [-0.15, -0.1) is 0 Å². The van der Waals surface area contributed by atoms with Gasteiger partial charge in [-0.1, -0.05) is 25.7 Å². The quantitative estimate of drug-likeness (QED) is 0.446. The molecular formula is C15H26N4O. The SMILES string of the molecule is COC1(C(NN)c2cc(C)cnc2N)CCCCCC1. The van der Waals surface area contributed by atoms with Crippen molar-refractivity contribution >= 4 is 5.82 Å². The third-order valence-electron chi connectivity index (χ3n) is 4.45. The topological polar surface area (TPSA) is 86.2 Å². The Morgan fingerprint density at radius 2 is 1.95 bits per heavy atom. The van der Waals surface area contributed by atoms with E-state index in [4.69, 9.17) is 16.3 Å². The van der Waals surface area contributed by atoms with Gasteiger partial charge in [-0.3, -0.25) is 5.84 Å². The van der Waals surface area contributed by atoms with E-state index in [1.54, 1.807) is 13.3 Å². The lowest BCUT2D eigenvalue weighted by molar-refractivity contribution is -0.0540. The molecule has 2 rings (SSSR count). The van der Waals surface area contributed by atoms with Gasteiger partial charge in [-0.05, 0) is 31.4 Å². The Labute approximate surface area is 121 Å². The molecule has 5 N–H and O–H groups in total. The number of rotatable bonds is 4. The third-order valence-corrected chi connectivity index (χ3v) is 4.45. The van der Waals surface area contributed by atoms with Gasteiger partial charge in [0.2, 0.25) is 0 Å². The van der Waals surface area contributed by atoms with Gasteiger partial charge in [0.15, 0.2) is 0 Å². The summed E-state index contributed by atoms with van der Waals surface area (Å²) in [5.74, 6) is 6.38. The molecular weight excluding hydrogens is 252 g/mol. The predicted octanol–water partition coefficient (Wildman–Crippen LogP) is 2.22. The van der Waals surface area contributed by atoms with E-state index in [1.807, 2.05) is 6.92 Å². The van der Waals surface area contributed by atoms with Gasteiger partial charge in [0.25, 0.3) is 0 Å². The molecule has 112 valence electrons. The monoisotopic (exact) mass is 278 g/mol. The first-order chi connectivity index (χ1) is 9.63. The first kappa shape index (κ1) is 15.2. The Morgan fingerprint density at radius 1 is 1.30 bits per heavy atom. The molecule has 0 aliphatic heterocycles. The van der Waals surface area contributed by atoms with E-state index in [0.717, 1.165) is 36.8 Å². The zero-order valence-corrected chi connectivity index (χ0v) is 12.5. The number of pyridine rings is 1. The summed E-state index contributed by atoms with van der Waals surface area (Å²) in [5.41, 5.74) is 10.7. The van der Waals surface area contributed by atoms with Crippen molar-refractivity contribution in [1.29, 1.82) is 0 Å². The molecule has 1 fully saturated rings. The minimum Gasteiger partial charge on any atom is -0.383 e. The van der Waals surface area contributed by atoms with Crippen LogP contribution >= 0.6 is 0 Å². The van der Waals surface area contributed by atoms with Gasteiger partial charge in [0.05, 0.1) is 11.6 Å². The molecule has 5 heteroatoms. The van der Waals surface area contributed by atoms with E-state index < -0.39 is 0 Å². The summed E-state index contributed by atoms with van der Waals surface area (Å²) >= 11 is 0.